The van der Waals surface area contributed by atoms with Gasteiger partial charge in [0, 0.05) is 18.1 Å². The highest BCUT2D eigenvalue weighted by Crippen LogP contribution is 2.47. The number of anilines is 1. The Morgan fingerprint density at radius 3 is 3.00 bits per heavy atom. The number of carbonyl (C=O) groups is 1. The molecule has 3 nitrogen and oxygen atoms in total. The van der Waals surface area contributed by atoms with Crippen LogP contribution in [0.5, 0.6) is 0 Å². The first-order valence-electron chi connectivity index (χ1n) is 5.87. The van der Waals surface area contributed by atoms with Crippen LogP contribution in [0.1, 0.15) is 12.0 Å². The number of carbonyl (C=O) groups excluding carboxylic acids is 1. The van der Waals surface area contributed by atoms with Gasteiger partial charge in [0.15, 0.2) is 5.78 Å². The van der Waals surface area contributed by atoms with Crippen LogP contribution in [0.2, 0.25) is 8.67 Å². The fourth-order valence-electron chi connectivity index (χ4n) is 2.35. The molecule has 1 N–H and O–H groups in total. The molecular formula is C14H8Cl2N2OS. The summed E-state index contributed by atoms with van der Waals surface area (Å²) in [5, 5.41) is 12.1. The van der Waals surface area contributed by atoms with Crippen LogP contribution in [0.4, 0.5) is 5.69 Å². The van der Waals surface area contributed by atoms with Crippen molar-refractivity contribution in [1.82, 2.24) is 0 Å². The number of hydrogen-bond donors (Lipinski definition) is 1. The molecule has 1 aromatic rings. The molecule has 100 valence electrons. The minimum Gasteiger partial charge on any atom is -0.369 e. The first-order valence-corrected chi connectivity index (χ1v) is 7.44. The zero-order valence-corrected chi connectivity index (χ0v) is 12.4. The van der Waals surface area contributed by atoms with E-state index < -0.39 is 6.04 Å². The van der Waals surface area contributed by atoms with E-state index in [-0.39, 0.29) is 5.78 Å². The lowest BCUT2D eigenvalue weighted by atomic mass is 9.94. The van der Waals surface area contributed by atoms with Gasteiger partial charge in [-0.3, -0.25) is 4.79 Å². The number of nitrogens with one attached hydrogen (secondary N) is 1. The van der Waals surface area contributed by atoms with E-state index in [0.717, 1.165) is 5.57 Å². The van der Waals surface area contributed by atoms with Gasteiger partial charge in [-0.25, -0.2) is 0 Å². The van der Waals surface area contributed by atoms with E-state index in [1.54, 1.807) is 0 Å². The van der Waals surface area contributed by atoms with E-state index >= 15 is 0 Å². The van der Waals surface area contributed by atoms with Crippen LogP contribution in [0.3, 0.4) is 0 Å². The van der Waals surface area contributed by atoms with Crippen LogP contribution < -0.4 is 5.32 Å². The minimum atomic E-state index is -0.438. The van der Waals surface area contributed by atoms with E-state index in [1.807, 2.05) is 24.3 Å². The summed E-state index contributed by atoms with van der Waals surface area (Å²) in [6.07, 6.45) is 7.32. The van der Waals surface area contributed by atoms with Gasteiger partial charge in [0.2, 0.25) is 0 Å². The monoisotopic (exact) mass is 322 g/mol. The Labute approximate surface area is 129 Å². The quantitative estimate of drug-likeness (QED) is 0.728. The largest absolute Gasteiger partial charge is 0.369 e. The Balaban J connectivity index is 2.26. The van der Waals surface area contributed by atoms with Gasteiger partial charge in [-0.1, -0.05) is 35.4 Å². The van der Waals surface area contributed by atoms with Gasteiger partial charge >= 0.3 is 0 Å². The van der Waals surface area contributed by atoms with Gasteiger partial charge in [-0.05, 0) is 17.2 Å². The summed E-state index contributed by atoms with van der Waals surface area (Å²) in [6, 6.07) is 1.57. The zero-order chi connectivity index (χ0) is 14.3. The van der Waals surface area contributed by atoms with Crippen LogP contribution in [0, 0.1) is 11.3 Å². The second-order valence-corrected chi connectivity index (χ2v) is 6.65. The van der Waals surface area contributed by atoms with Crippen molar-refractivity contribution in [3.63, 3.8) is 0 Å². The van der Waals surface area contributed by atoms with Crippen molar-refractivity contribution in [2.75, 3.05) is 5.32 Å². The third kappa shape index (κ3) is 2.08. The lowest BCUT2D eigenvalue weighted by molar-refractivity contribution is -0.118. The van der Waals surface area contributed by atoms with Gasteiger partial charge in [0.1, 0.15) is 14.7 Å². The molecule has 0 radical (unpaired) electrons. The Morgan fingerprint density at radius 1 is 1.45 bits per heavy atom. The lowest BCUT2D eigenvalue weighted by Crippen LogP contribution is -2.32. The zero-order valence-electron chi connectivity index (χ0n) is 10.1. The Kier molecular flexibility index (Phi) is 3.43. The van der Waals surface area contributed by atoms with Gasteiger partial charge in [0.05, 0.1) is 11.8 Å². The van der Waals surface area contributed by atoms with Gasteiger partial charge in [-0.15, -0.1) is 11.3 Å². The van der Waals surface area contributed by atoms with Crippen molar-refractivity contribution >= 4 is 51.6 Å². The molecule has 0 aromatic carbocycles. The summed E-state index contributed by atoms with van der Waals surface area (Å²) < 4.78 is 0.997. The molecule has 3 rings (SSSR count). The van der Waals surface area contributed by atoms with E-state index in [1.165, 1.54) is 17.4 Å². The van der Waals surface area contributed by atoms with E-state index in [4.69, 9.17) is 28.5 Å². The normalized spacial score (nSPS) is 22.4. The summed E-state index contributed by atoms with van der Waals surface area (Å²) in [7, 11) is 0. The fourth-order valence-corrected chi connectivity index (χ4v) is 4.03. The summed E-state index contributed by atoms with van der Waals surface area (Å²) in [5.74, 6) is 0.0706. The van der Waals surface area contributed by atoms with Crippen LogP contribution >= 0.6 is 34.5 Å². The predicted octanol–water partition coefficient (Wildman–Crippen LogP) is 4.21. The molecule has 1 aliphatic carbocycles. The number of allylic oxidation sites excluding steroid dienone is 4. The molecule has 2 aliphatic rings. The van der Waals surface area contributed by atoms with E-state index in [0.29, 0.717) is 31.9 Å². The van der Waals surface area contributed by atoms with Crippen LogP contribution in [-0.4, -0.2) is 11.8 Å². The highest BCUT2D eigenvalue weighted by molar-refractivity contribution is 7.21. The average Bonchev–Trinajstić information content (AvgIpc) is 2.58. The third-order valence-electron chi connectivity index (χ3n) is 3.23. The Hall–Kier alpha value is -1.54. The SMILES string of the molecule is N#C/C=C1\C=C2C=CCC(=O)C2Nc2c(Cl)sc(Cl)c21. The minimum absolute atomic E-state index is 0.0706. The maximum absolute atomic E-state index is 12.1. The van der Waals surface area contributed by atoms with Crippen molar-refractivity contribution < 1.29 is 4.79 Å². The molecule has 1 aliphatic heterocycles. The van der Waals surface area contributed by atoms with Crippen molar-refractivity contribution in [3.05, 3.63) is 44.1 Å². The first kappa shape index (κ1) is 13.4. The number of nitrogens with zero attached hydrogens (tertiary/aromatic N) is 1. The molecule has 0 amide bonds. The molecule has 1 aromatic heterocycles. The molecular weight excluding hydrogens is 315 g/mol. The summed E-state index contributed by atoms with van der Waals surface area (Å²) >= 11 is 13.6. The van der Waals surface area contributed by atoms with E-state index in [2.05, 4.69) is 5.32 Å². The highest BCUT2D eigenvalue weighted by Gasteiger charge is 2.30. The predicted molar refractivity (Wildman–Crippen MR) is 82.2 cm³/mol. The van der Waals surface area contributed by atoms with Crippen LogP contribution in [-0.2, 0) is 4.79 Å². The van der Waals surface area contributed by atoms with Gasteiger partial charge in [0.25, 0.3) is 0 Å². The van der Waals surface area contributed by atoms with Gasteiger partial charge < -0.3 is 5.32 Å². The summed E-state index contributed by atoms with van der Waals surface area (Å²) in [6.45, 7) is 0. The molecule has 2 heterocycles. The number of thiophene rings is 1. The second-order valence-electron chi connectivity index (χ2n) is 4.42. The average molecular weight is 323 g/mol. The van der Waals surface area contributed by atoms with Crippen LogP contribution in [0.15, 0.2) is 29.9 Å². The molecule has 6 heteroatoms. The first-order chi connectivity index (χ1) is 9.61. The molecule has 0 saturated carbocycles. The van der Waals surface area contributed by atoms with E-state index in [9.17, 15) is 4.79 Å². The topological polar surface area (TPSA) is 52.9 Å². The van der Waals surface area contributed by atoms with Crippen molar-refractivity contribution in [2.24, 2.45) is 0 Å². The fraction of sp³-hybridized carbons (Fsp3) is 0.143. The molecule has 20 heavy (non-hydrogen) atoms. The number of fused-ring (bicyclic) bond motifs is 2. The molecule has 0 spiro atoms. The van der Waals surface area contributed by atoms with Crippen molar-refractivity contribution in [2.45, 2.75) is 12.5 Å². The molecule has 0 saturated heterocycles. The second kappa shape index (κ2) is 5.10. The number of rotatable bonds is 0. The molecule has 0 fully saturated rings. The maximum Gasteiger partial charge on any atom is 0.163 e. The molecule has 1 unspecified atom stereocenters. The Morgan fingerprint density at radius 2 is 2.25 bits per heavy atom. The number of nitriles is 1. The van der Waals surface area contributed by atoms with Crippen LogP contribution in [0.25, 0.3) is 5.57 Å². The number of hydrogen-bond acceptors (Lipinski definition) is 4. The Bertz CT molecular complexity index is 737. The summed E-state index contributed by atoms with van der Waals surface area (Å²) in [5.41, 5.74) is 2.80. The highest BCUT2D eigenvalue weighted by atomic mass is 35.5. The lowest BCUT2D eigenvalue weighted by Gasteiger charge is -2.20. The number of ketones is 1. The van der Waals surface area contributed by atoms with Gasteiger partial charge in [-0.2, -0.15) is 5.26 Å². The molecule has 0 bridgehead atoms. The standard InChI is InChI=1S/C14H8Cl2N2OS/c15-13-10-7(4-5-17)6-8-2-1-3-9(19)11(8)18-12(10)14(16)20-13/h1-2,4,6,11,18H,3H2/b7-4+. The summed E-state index contributed by atoms with van der Waals surface area (Å²) in [4.78, 5) is 12.1. The van der Waals surface area contributed by atoms with Crippen molar-refractivity contribution in [1.29, 1.82) is 5.26 Å². The van der Waals surface area contributed by atoms with Crippen molar-refractivity contribution in [3.8, 4) is 6.07 Å². The smallest absolute Gasteiger partial charge is 0.163 e. The third-order valence-corrected chi connectivity index (χ3v) is 4.83. The number of halogens is 2. The maximum atomic E-state index is 12.1. The number of Topliss-reactive ketones (excluding diaryl/α,β-unsaturated/α-hetero) is 1. The molecule has 1 atom stereocenters.